The number of rotatable bonds is 3. The molecule has 0 saturated heterocycles. The SMILES string of the molecule is O=S(=O)(Cc1ccccc1)c1cc(Br)cnc1Cl. The van der Waals surface area contributed by atoms with Gasteiger partial charge in [0.15, 0.2) is 9.84 Å². The molecule has 6 heteroatoms. The van der Waals surface area contributed by atoms with E-state index in [-0.39, 0.29) is 15.8 Å². The van der Waals surface area contributed by atoms with Gasteiger partial charge in [-0.3, -0.25) is 0 Å². The van der Waals surface area contributed by atoms with Crippen LogP contribution in [0.2, 0.25) is 5.15 Å². The maximum atomic E-state index is 12.2. The predicted octanol–water partition coefficient (Wildman–Crippen LogP) is 3.47. The molecule has 0 amide bonds. The predicted molar refractivity (Wildman–Crippen MR) is 74.3 cm³/mol. The summed E-state index contributed by atoms with van der Waals surface area (Å²) in [6, 6.07) is 10.4. The lowest BCUT2D eigenvalue weighted by atomic mass is 10.2. The number of hydrogen-bond acceptors (Lipinski definition) is 3. The molecule has 1 aromatic carbocycles. The second-order valence-electron chi connectivity index (χ2n) is 3.69. The van der Waals surface area contributed by atoms with Crippen molar-refractivity contribution >= 4 is 37.4 Å². The van der Waals surface area contributed by atoms with Gasteiger partial charge in [0.25, 0.3) is 0 Å². The molecule has 0 aliphatic rings. The zero-order valence-electron chi connectivity index (χ0n) is 9.18. The molecular formula is C12H9BrClNO2S. The Balaban J connectivity index is 2.40. The summed E-state index contributed by atoms with van der Waals surface area (Å²) in [5.74, 6) is -0.0916. The Labute approximate surface area is 119 Å². The van der Waals surface area contributed by atoms with Crippen LogP contribution in [-0.2, 0) is 15.6 Å². The Bertz CT molecular complexity index is 659. The molecule has 0 aliphatic heterocycles. The molecule has 0 fully saturated rings. The van der Waals surface area contributed by atoms with Gasteiger partial charge in [-0.25, -0.2) is 13.4 Å². The summed E-state index contributed by atoms with van der Waals surface area (Å²) in [6.07, 6.45) is 1.46. The highest BCUT2D eigenvalue weighted by Crippen LogP contribution is 2.25. The highest BCUT2D eigenvalue weighted by Gasteiger charge is 2.20. The molecule has 18 heavy (non-hydrogen) atoms. The van der Waals surface area contributed by atoms with Crippen molar-refractivity contribution in [1.29, 1.82) is 0 Å². The molecule has 0 radical (unpaired) electrons. The van der Waals surface area contributed by atoms with Crippen LogP contribution < -0.4 is 0 Å². The van der Waals surface area contributed by atoms with Gasteiger partial charge < -0.3 is 0 Å². The quantitative estimate of drug-likeness (QED) is 0.800. The molecule has 2 aromatic rings. The van der Waals surface area contributed by atoms with Gasteiger partial charge in [-0.15, -0.1) is 0 Å². The molecule has 3 nitrogen and oxygen atoms in total. The summed E-state index contributed by atoms with van der Waals surface area (Å²) < 4.78 is 25.0. The van der Waals surface area contributed by atoms with E-state index in [9.17, 15) is 8.42 Å². The van der Waals surface area contributed by atoms with Gasteiger partial charge in [0.05, 0.1) is 5.75 Å². The third-order valence-electron chi connectivity index (χ3n) is 2.31. The monoisotopic (exact) mass is 345 g/mol. The summed E-state index contributed by atoms with van der Waals surface area (Å²) in [5, 5.41) is -0.00543. The number of benzene rings is 1. The van der Waals surface area contributed by atoms with E-state index in [0.29, 0.717) is 10.0 Å². The Hall–Kier alpha value is -0.910. The number of hydrogen-bond donors (Lipinski definition) is 0. The minimum Gasteiger partial charge on any atom is -0.242 e. The van der Waals surface area contributed by atoms with Crippen molar-refractivity contribution in [3.8, 4) is 0 Å². The smallest absolute Gasteiger partial charge is 0.185 e. The second-order valence-corrected chi connectivity index (χ2v) is 6.92. The van der Waals surface area contributed by atoms with Gasteiger partial charge in [0, 0.05) is 10.7 Å². The van der Waals surface area contributed by atoms with Gasteiger partial charge >= 0.3 is 0 Å². The molecule has 1 aromatic heterocycles. The topological polar surface area (TPSA) is 47.0 Å². The number of halogens is 2. The minimum atomic E-state index is -3.49. The Morgan fingerprint density at radius 3 is 2.56 bits per heavy atom. The van der Waals surface area contributed by atoms with Crippen LogP contribution in [0.5, 0.6) is 0 Å². The van der Waals surface area contributed by atoms with Crippen LogP contribution in [0.25, 0.3) is 0 Å². The first kappa shape index (κ1) is 13.5. The summed E-state index contributed by atoms with van der Waals surface area (Å²) in [4.78, 5) is 3.87. The fourth-order valence-corrected chi connectivity index (χ4v) is 3.83. The molecule has 0 N–H and O–H groups in total. The summed E-state index contributed by atoms with van der Waals surface area (Å²) in [6.45, 7) is 0. The lowest BCUT2D eigenvalue weighted by Crippen LogP contribution is -2.06. The van der Waals surface area contributed by atoms with E-state index in [1.165, 1.54) is 12.3 Å². The lowest BCUT2D eigenvalue weighted by Gasteiger charge is -2.06. The average Bonchev–Trinajstić information content (AvgIpc) is 2.33. The van der Waals surface area contributed by atoms with Crippen molar-refractivity contribution in [3.05, 3.63) is 57.8 Å². The number of aromatic nitrogens is 1. The van der Waals surface area contributed by atoms with Crippen LogP contribution in [0, 0.1) is 0 Å². The van der Waals surface area contributed by atoms with E-state index >= 15 is 0 Å². The third kappa shape index (κ3) is 3.10. The van der Waals surface area contributed by atoms with Crippen LogP contribution in [0.4, 0.5) is 0 Å². The van der Waals surface area contributed by atoms with E-state index < -0.39 is 9.84 Å². The van der Waals surface area contributed by atoms with Crippen molar-refractivity contribution < 1.29 is 8.42 Å². The van der Waals surface area contributed by atoms with Gasteiger partial charge in [-0.05, 0) is 27.6 Å². The largest absolute Gasteiger partial charge is 0.242 e. The van der Waals surface area contributed by atoms with E-state index in [1.54, 1.807) is 24.3 Å². The molecule has 0 saturated carbocycles. The Kier molecular flexibility index (Phi) is 4.04. The van der Waals surface area contributed by atoms with E-state index in [2.05, 4.69) is 20.9 Å². The van der Waals surface area contributed by atoms with Gasteiger partial charge in [0.1, 0.15) is 10.0 Å². The maximum Gasteiger partial charge on any atom is 0.185 e. The zero-order valence-corrected chi connectivity index (χ0v) is 12.3. The summed E-state index contributed by atoms with van der Waals surface area (Å²) in [7, 11) is -3.49. The Morgan fingerprint density at radius 1 is 1.22 bits per heavy atom. The van der Waals surface area contributed by atoms with Crippen LogP contribution in [-0.4, -0.2) is 13.4 Å². The van der Waals surface area contributed by atoms with Crippen molar-refractivity contribution in [3.63, 3.8) is 0 Å². The highest BCUT2D eigenvalue weighted by atomic mass is 79.9. The molecule has 0 spiro atoms. The number of pyridine rings is 1. The number of nitrogens with zero attached hydrogens (tertiary/aromatic N) is 1. The zero-order chi connectivity index (χ0) is 13.2. The first-order valence-electron chi connectivity index (χ1n) is 5.07. The minimum absolute atomic E-state index is 0.00543. The normalized spacial score (nSPS) is 11.4. The summed E-state index contributed by atoms with van der Waals surface area (Å²) >= 11 is 9.02. The van der Waals surface area contributed by atoms with E-state index in [1.807, 2.05) is 6.07 Å². The molecule has 0 unspecified atom stereocenters. The van der Waals surface area contributed by atoms with Crippen LogP contribution in [0.15, 0.2) is 52.0 Å². The van der Waals surface area contributed by atoms with Gasteiger partial charge in [0.2, 0.25) is 0 Å². The van der Waals surface area contributed by atoms with Crippen molar-refractivity contribution in [2.45, 2.75) is 10.6 Å². The highest BCUT2D eigenvalue weighted by molar-refractivity contribution is 9.10. The van der Waals surface area contributed by atoms with Crippen LogP contribution in [0.3, 0.4) is 0 Å². The van der Waals surface area contributed by atoms with Crippen molar-refractivity contribution in [2.24, 2.45) is 0 Å². The first-order chi connectivity index (χ1) is 8.49. The van der Waals surface area contributed by atoms with Gasteiger partial charge in [-0.1, -0.05) is 41.9 Å². The van der Waals surface area contributed by atoms with E-state index in [0.717, 1.165) is 0 Å². The molecule has 1 heterocycles. The standard InChI is InChI=1S/C12H9BrClNO2S/c13-10-6-11(12(14)15-7-10)18(16,17)8-9-4-2-1-3-5-9/h1-7H,8H2. The third-order valence-corrected chi connectivity index (χ3v) is 4.85. The number of sulfone groups is 1. The maximum absolute atomic E-state index is 12.2. The van der Waals surface area contributed by atoms with Crippen LogP contribution >= 0.6 is 27.5 Å². The molecule has 0 atom stereocenters. The average molecular weight is 347 g/mol. The fraction of sp³-hybridized carbons (Fsp3) is 0.0833. The van der Waals surface area contributed by atoms with E-state index in [4.69, 9.17) is 11.6 Å². The molecule has 0 bridgehead atoms. The first-order valence-corrected chi connectivity index (χ1v) is 7.89. The Morgan fingerprint density at radius 2 is 1.89 bits per heavy atom. The molecule has 0 aliphatic carbocycles. The molecular weight excluding hydrogens is 338 g/mol. The fourth-order valence-electron chi connectivity index (χ4n) is 1.49. The van der Waals surface area contributed by atoms with Crippen LogP contribution in [0.1, 0.15) is 5.56 Å². The summed E-state index contributed by atoms with van der Waals surface area (Å²) in [5.41, 5.74) is 0.716. The second kappa shape index (κ2) is 5.38. The molecule has 2 rings (SSSR count). The lowest BCUT2D eigenvalue weighted by molar-refractivity contribution is 0.595. The van der Waals surface area contributed by atoms with Crippen molar-refractivity contribution in [2.75, 3.05) is 0 Å². The van der Waals surface area contributed by atoms with Crippen molar-refractivity contribution in [1.82, 2.24) is 4.98 Å². The van der Waals surface area contributed by atoms with Gasteiger partial charge in [-0.2, -0.15) is 0 Å². The molecule has 94 valence electrons.